The van der Waals surface area contributed by atoms with E-state index in [0.717, 1.165) is 5.56 Å². The summed E-state index contributed by atoms with van der Waals surface area (Å²) in [5.41, 5.74) is 2.73. The van der Waals surface area contributed by atoms with Gasteiger partial charge < -0.3 is 20.8 Å². The second kappa shape index (κ2) is 9.31. The van der Waals surface area contributed by atoms with E-state index in [2.05, 4.69) is 15.3 Å². The molecule has 0 aliphatic rings. The van der Waals surface area contributed by atoms with Gasteiger partial charge in [0, 0.05) is 37.6 Å². The number of nitrogens with zero attached hydrogens (tertiary/aromatic N) is 3. The average Bonchev–Trinajstić information content (AvgIpc) is 2.93. The van der Waals surface area contributed by atoms with Crippen molar-refractivity contribution in [3.8, 4) is 22.5 Å². The van der Waals surface area contributed by atoms with Crippen LogP contribution in [0.3, 0.4) is 0 Å². The van der Waals surface area contributed by atoms with Crippen LogP contribution < -0.4 is 5.32 Å². The molecule has 0 bridgehead atoms. The predicted molar refractivity (Wildman–Crippen MR) is 106 cm³/mol. The second-order valence-electron chi connectivity index (χ2n) is 5.72. The minimum Gasteiger partial charge on any atom is -0.412 e. The fourth-order valence-electron chi connectivity index (χ4n) is 2.70. The van der Waals surface area contributed by atoms with Gasteiger partial charge in [0.25, 0.3) is 0 Å². The molecule has 0 aliphatic carbocycles. The van der Waals surface area contributed by atoms with Crippen molar-refractivity contribution in [1.29, 1.82) is 0 Å². The van der Waals surface area contributed by atoms with E-state index < -0.39 is 10.8 Å². The van der Waals surface area contributed by atoms with Crippen LogP contribution in [0.4, 0.5) is 10.2 Å². The molecule has 10 heteroatoms. The maximum Gasteiger partial charge on any atom is 0.222 e. The van der Waals surface area contributed by atoms with E-state index in [0.29, 0.717) is 27.9 Å². The molecule has 1 atom stereocenters. The van der Waals surface area contributed by atoms with Crippen molar-refractivity contribution in [2.45, 2.75) is 12.1 Å². The van der Waals surface area contributed by atoms with Crippen molar-refractivity contribution >= 4 is 22.5 Å². The van der Waals surface area contributed by atoms with Crippen LogP contribution in [0.5, 0.6) is 0 Å². The first-order valence-electron chi connectivity index (χ1n) is 7.77. The molecular formula is C18H21FN4O4S. The number of aromatic nitrogens is 3. The highest BCUT2D eigenvalue weighted by molar-refractivity contribution is 7.84. The van der Waals surface area contributed by atoms with Crippen LogP contribution in [0.15, 0.2) is 47.8 Å². The SMILES string of the molecule is CC(=O)Nc1cc(-c2c(-c3ccc(F)cc3)nc([S@@](C)=O)n2C)ccn1.O.O. The Kier molecular flexibility index (Phi) is 7.68. The summed E-state index contributed by atoms with van der Waals surface area (Å²) in [5, 5.41) is 3.04. The highest BCUT2D eigenvalue weighted by atomic mass is 32.2. The monoisotopic (exact) mass is 408 g/mol. The zero-order valence-electron chi connectivity index (χ0n) is 15.5. The third-order valence-electron chi connectivity index (χ3n) is 3.77. The van der Waals surface area contributed by atoms with Crippen LogP contribution in [0.1, 0.15) is 6.92 Å². The number of pyridine rings is 1. The van der Waals surface area contributed by atoms with Crippen LogP contribution in [0.25, 0.3) is 22.5 Å². The summed E-state index contributed by atoms with van der Waals surface area (Å²) < 4.78 is 27.1. The molecule has 0 spiro atoms. The standard InChI is InChI=1S/C18H17FN4O2S.2H2O/c1-11(24)21-15-10-13(8-9-20-15)17-16(12-4-6-14(19)7-5-12)22-18(23(17)2)26(3)25;;/h4-10H,1-3H3,(H,20,21,24);2*1H2/t26-;;/m1../s1. The zero-order valence-corrected chi connectivity index (χ0v) is 16.3. The third-order valence-corrected chi connectivity index (χ3v) is 4.65. The van der Waals surface area contributed by atoms with Crippen molar-refractivity contribution < 1.29 is 24.3 Å². The van der Waals surface area contributed by atoms with Gasteiger partial charge in [0.2, 0.25) is 5.91 Å². The van der Waals surface area contributed by atoms with E-state index in [-0.39, 0.29) is 22.7 Å². The lowest BCUT2D eigenvalue weighted by Gasteiger charge is -2.09. The molecule has 1 amide bonds. The van der Waals surface area contributed by atoms with Crippen LogP contribution in [-0.2, 0) is 22.6 Å². The fraction of sp³-hybridized carbons (Fsp3) is 0.167. The summed E-state index contributed by atoms with van der Waals surface area (Å²) in [4.78, 5) is 19.9. The molecule has 0 saturated heterocycles. The summed E-state index contributed by atoms with van der Waals surface area (Å²) in [5.74, 6) is -0.170. The first kappa shape index (κ1) is 23.1. The number of hydrogen-bond acceptors (Lipinski definition) is 4. The first-order valence-corrected chi connectivity index (χ1v) is 9.32. The van der Waals surface area contributed by atoms with E-state index in [1.807, 2.05) is 0 Å². The van der Waals surface area contributed by atoms with Crippen LogP contribution in [-0.4, -0.2) is 41.9 Å². The molecule has 2 heterocycles. The summed E-state index contributed by atoms with van der Waals surface area (Å²) in [7, 11) is 0.464. The maximum absolute atomic E-state index is 13.3. The van der Waals surface area contributed by atoms with Gasteiger partial charge in [-0.05, 0) is 36.4 Å². The maximum atomic E-state index is 13.3. The molecule has 0 aliphatic heterocycles. The van der Waals surface area contributed by atoms with Gasteiger partial charge in [0.1, 0.15) is 11.6 Å². The van der Waals surface area contributed by atoms with Crippen LogP contribution in [0.2, 0.25) is 0 Å². The number of anilines is 1. The van der Waals surface area contributed by atoms with Gasteiger partial charge in [0.05, 0.1) is 22.2 Å². The molecule has 8 nitrogen and oxygen atoms in total. The molecule has 0 radical (unpaired) electrons. The molecule has 3 aromatic rings. The van der Waals surface area contributed by atoms with Crippen molar-refractivity contribution in [1.82, 2.24) is 14.5 Å². The number of hydrogen-bond donors (Lipinski definition) is 1. The molecule has 1 aromatic carbocycles. The van der Waals surface area contributed by atoms with Gasteiger partial charge >= 0.3 is 0 Å². The molecule has 150 valence electrons. The molecule has 0 fully saturated rings. The Morgan fingerprint density at radius 2 is 1.79 bits per heavy atom. The van der Waals surface area contributed by atoms with Gasteiger partial charge in [-0.25, -0.2) is 14.4 Å². The van der Waals surface area contributed by atoms with E-state index in [4.69, 9.17) is 0 Å². The topological polar surface area (TPSA) is 140 Å². The second-order valence-corrected chi connectivity index (χ2v) is 7.00. The quantitative estimate of drug-likeness (QED) is 0.695. The molecule has 5 N–H and O–H groups in total. The molecule has 0 saturated carbocycles. The number of imidazole rings is 1. The van der Waals surface area contributed by atoms with Crippen molar-refractivity contribution in [2.75, 3.05) is 11.6 Å². The summed E-state index contributed by atoms with van der Waals surface area (Å²) in [6.07, 6.45) is 3.13. The summed E-state index contributed by atoms with van der Waals surface area (Å²) >= 11 is 0. The van der Waals surface area contributed by atoms with E-state index in [1.54, 1.807) is 48.3 Å². The lowest BCUT2D eigenvalue weighted by molar-refractivity contribution is -0.114. The minimum absolute atomic E-state index is 0. The van der Waals surface area contributed by atoms with Gasteiger partial charge in [-0.1, -0.05) is 0 Å². The largest absolute Gasteiger partial charge is 0.412 e. The predicted octanol–water partition coefficient (Wildman–Crippen LogP) is 1.33. The smallest absolute Gasteiger partial charge is 0.222 e. The van der Waals surface area contributed by atoms with E-state index in [1.165, 1.54) is 19.1 Å². The third kappa shape index (κ3) is 4.66. The number of nitrogens with one attached hydrogen (secondary N) is 1. The number of amides is 1. The highest BCUT2D eigenvalue weighted by Gasteiger charge is 2.20. The average molecular weight is 408 g/mol. The van der Waals surface area contributed by atoms with E-state index >= 15 is 0 Å². The van der Waals surface area contributed by atoms with Gasteiger partial charge in [-0.2, -0.15) is 0 Å². The molecule has 2 aromatic heterocycles. The minimum atomic E-state index is -1.30. The van der Waals surface area contributed by atoms with Crippen molar-refractivity contribution in [3.05, 3.63) is 48.4 Å². The van der Waals surface area contributed by atoms with Gasteiger partial charge in [-0.15, -0.1) is 0 Å². The van der Waals surface area contributed by atoms with Crippen LogP contribution in [0, 0.1) is 5.82 Å². The molecular weight excluding hydrogens is 387 g/mol. The summed E-state index contributed by atoms with van der Waals surface area (Å²) in [6.45, 7) is 1.40. The van der Waals surface area contributed by atoms with Crippen molar-refractivity contribution in [2.24, 2.45) is 7.05 Å². The molecule has 0 unspecified atom stereocenters. The molecule has 28 heavy (non-hydrogen) atoms. The number of benzene rings is 1. The van der Waals surface area contributed by atoms with Gasteiger partial charge in [0.15, 0.2) is 5.16 Å². The first-order chi connectivity index (χ1) is 12.4. The lowest BCUT2D eigenvalue weighted by atomic mass is 10.1. The summed E-state index contributed by atoms with van der Waals surface area (Å²) in [6, 6.07) is 9.45. The number of halogens is 1. The molecule has 3 rings (SSSR count). The lowest BCUT2D eigenvalue weighted by Crippen LogP contribution is -2.07. The Hall–Kier alpha value is -2.95. The van der Waals surface area contributed by atoms with Gasteiger partial charge in [-0.3, -0.25) is 9.00 Å². The Balaban J connectivity index is 0.00000196. The zero-order chi connectivity index (χ0) is 18.8. The fourth-order valence-corrected chi connectivity index (χ4v) is 3.40. The normalized spacial score (nSPS) is 11.1. The Labute approximate surface area is 163 Å². The number of carbonyl (C=O) groups is 1. The highest BCUT2D eigenvalue weighted by Crippen LogP contribution is 2.33. The van der Waals surface area contributed by atoms with Crippen LogP contribution >= 0.6 is 0 Å². The van der Waals surface area contributed by atoms with Crippen molar-refractivity contribution in [3.63, 3.8) is 0 Å². The Morgan fingerprint density at radius 3 is 2.36 bits per heavy atom. The number of rotatable bonds is 4. The Morgan fingerprint density at radius 1 is 1.14 bits per heavy atom. The Bertz CT molecular complexity index is 1010. The number of carbonyl (C=O) groups excluding carboxylic acids is 1. The van der Waals surface area contributed by atoms with E-state index in [9.17, 15) is 13.4 Å².